The number of halogens is 2. The van der Waals surface area contributed by atoms with Crippen LogP contribution in [0.25, 0.3) is 0 Å². The van der Waals surface area contributed by atoms with Gasteiger partial charge in [0.15, 0.2) is 0 Å². The Morgan fingerprint density at radius 3 is 2.68 bits per heavy atom. The van der Waals surface area contributed by atoms with Crippen molar-refractivity contribution in [2.24, 2.45) is 0 Å². The maximum absolute atomic E-state index is 12.2. The van der Waals surface area contributed by atoms with Gasteiger partial charge >= 0.3 is 0 Å². The lowest BCUT2D eigenvalue weighted by Gasteiger charge is -2.17. The number of rotatable bonds is 8. The molecule has 0 aliphatic rings. The third-order valence-corrected chi connectivity index (χ3v) is 4.10. The minimum Gasteiger partial charge on any atom is -0.489 e. The molecule has 0 saturated heterocycles. The van der Waals surface area contributed by atoms with Gasteiger partial charge in [0.1, 0.15) is 12.4 Å². The van der Waals surface area contributed by atoms with Crippen LogP contribution in [-0.4, -0.2) is 38.0 Å². The Morgan fingerprint density at radius 2 is 1.96 bits per heavy atom. The molecule has 2 aromatic rings. The molecule has 0 aromatic heterocycles. The second kappa shape index (κ2) is 11.0. The number of benzene rings is 2. The Labute approximate surface area is 160 Å². The minimum atomic E-state index is 0. The number of ether oxygens (including phenoxy) is 1. The molecule has 0 fully saturated rings. The van der Waals surface area contributed by atoms with Gasteiger partial charge in [0, 0.05) is 30.7 Å². The number of carbonyl (C=O) groups is 1. The first-order valence-electron chi connectivity index (χ1n) is 7.94. The number of nitrogens with one attached hydrogen (secondary N) is 1. The van der Waals surface area contributed by atoms with Crippen LogP contribution in [-0.2, 0) is 17.8 Å². The fourth-order valence-corrected chi connectivity index (χ4v) is 2.43. The van der Waals surface area contributed by atoms with Gasteiger partial charge in [0.25, 0.3) is 0 Å². The third-order valence-electron chi connectivity index (χ3n) is 3.73. The SMILES string of the molecule is CNCCN(C)C(=O)Cc1cccc(OCc2ccccc2Cl)c1.Cl. The Balaban J connectivity index is 0.00000312. The standard InChI is InChI=1S/C19H23ClN2O2.ClH/c1-21-10-11-22(2)19(23)13-15-6-5-8-17(12-15)24-14-16-7-3-4-9-18(16)20;/h3-9,12,21H,10-11,13-14H2,1-2H3;1H. The molecule has 25 heavy (non-hydrogen) atoms. The van der Waals surface area contributed by atoms with Crippen molar-refractivity contribution in [3.05, 3.63) is 64.7 Å². The molecular weight excluding hydrogens is 359 g/mol. The molecule has 0 bridgehead atoms. The predicted octanol–water partition coefficient (Wildman–Crippen LogP) is 3.56. The number of amides is 1. The first-order valence-corrected chi connectivity index (χ1v) is 8.31. The molecule has 0 aliphatic carbocycles. The lowest BCUT2D eigenvalue weighted by atomic mass is 10.1. The first kappa shape index (κ1) is 21.3. The van der Waals surface area contributed by atoms with E-state index in [-0.39, 0.29) is 18.3 Å². The van der Waals surface area contributed by atoms with Crippen molar-refractivity contribution in [3.8, 4) is 5.75 Å². The highest BCUT2D eigenvalue weighted by atomic mass is 35.5. The second-order valence-electron chi connectivity index (χ2n) is 5.62. The molecule has 2 rings (SSSR count). The molecule has 136 valence electrons. The smallest absolute Gasteiger partial charge is 0.226 e. The molecule has 0 radical (unpaired) electrons. The summed E-state index contributed by atoms with van der Waals surface area (Å²) in [6.07, 6.45) is 0.365. The van der Waals surface area contributed by atoms with E-state index in [1.165, 1.54) is 0 Å². The van der Waals surface area contributed by atoms with Crippen LogP contribution in [0.2, 0.25) is 5.02 Å². The Kier molecular flexibility index (Phi) is 9.35. The molecule has 0 unspecified atom stereocenters. The maximum atomic E-state index is 12.2. The lowest BCUT2D eigenvalue weighted by molar-refractivity contribution is -0.129. The molecule has 6 heteroatoms. The van der Waals surface area contributed by atoms with Crippen LogP contribution in [0.5, 0.6) is 5.75 Å². The monoisotopic (exact) mass is 382 g/mol. The number of nitrogens with zero attached hydrogens (tertiary/aromatic N) is 1. The Morgan fingerprint density at radius 1 is 1.20 bits per heavy atom. The summed E-state index contributed by atoms with van der Waals surface area (Å²) in [5, 5.41) is 3.73. The van der Waals surface area contributed by atoms with Gasteiger partial charge in [-0.3, -0.25) is 4.79 Å². The zero-order valence-electron chi connectivity index (χ0n) is 14.5. The third kappa shape index (κ3) is 6.94. The summed E-state index contributed by atoms with van der Waals surface area (Å²) in [5.74, 6) is 0.826. The zero-order chi connectivity index (χ0) is 17.4. The molecule has 1 amide bonds. The van der Waals surface area contributed by atoms with E-state index in [1.54, 1.807) is 4.90 Å². The summed E-state index contributed by atoms with van der Waals surface area (Å²) in [4.78, 5) is 13.9. The van der Waals surface area contributed by atoms with Crippen LogP contribution < -0.4 is 10.1 Å². The van der Waals surface area contributed by atoms with Crippen molar-refractivity contribution >= 4 is 29.9 Å². The van der Waals surface area contributed by atoms with E-state index in [0.29, 0.717) is 24.6 Å². The molecule has 0 aliphatic heterocycles. The van der Waals surface area contributed by atoms with Crippen LogP contribution in [0.15, 0.2) is 48.5 Å². The summed E-state index contributed by atoms with van der Waals surface area (Å²) in [6, 6.07) is 15.2. The van der Waals surface area contributed by atoms with Crippen molar-refractivity contribution in [2.75, 3.05) is 27.2 Å². The molecule has 4 nitrogen and oxygen atoms in total. The molecular formula is C19H24Cl2N2O2. The maximum Gasteiger partial charge on any atom is 0.226 e. The molecule has 2 aromatic carbocycles. The van der Waals surface area contributed by atoms with Crippen molar-refractivity contribution in [2.45, 2.75) is 13.0 Å². The van der Waals surface area contributed by atoms with E-state index >= 15 is 0 Å². The average Bonchev–Trinajstić information content (AvgIpc) is 2.59. The number of hydrogen-bond donors (Lipinski definition) is 1. The average molecular weight is 383 g/mol. The minimum absolute atomic E-state index is 0. The highest BCUT2D eigenvalue weighted by molar-refractivity contribution is 6.31. The normalized spacial score (nSPS) is 10.0. The zero-order valence-corrected chi connectivity index (χ0v) is 16.1. The summed E-state index contributed by atoms with van der Waals surface area (Å²) in [7, 11) is 3.69. The van der Waals surface area contributed by atoms with Crippen LogP contribution in [0.3, 0.4) is 0 Å². The molecule has 0 atom stereocenters. The van der Waals surface area contributed by atoms with E-state index in [0.717, 1.165) is 23.4 Å². The molecule has 0 saturated carbocycles. The fourth-order valence-electron chi connectivity index (χ4n) is 2.24. The highest BCUT2D eigenvalue weighted by Crippen LogP contribution is 2.19. The van der Waals surface area contributed by atoms with Crippen molar-refractivity contribution < 1.29 is 9.53 Å². The summed E-state index contributed by atoms with van der Waals surface area (Å²) in [6.45, 7) is 1.88. The predicted molar refractivity (Wildman–Crippen MR) is 105 cm³/mol. The van der Waals surface area contributed by atoms with Gasteiger partial charge in [-0.25, -0.2) is 0 Å². The van der Waals surface area contributed by atoms with Gasteiger partial charge in [-0.2, -0.15) is 0 Å². The number of carbonyl (C=O) groups excluding carboxylic acids is 1. The second-order valence-corrected chi connectivity index (χ2v) is 6.03. The van der Waals surface area contributed by atoms with E-state index in [2.05, 4.69) is 5.32 Å². The first-order chi connectivity index (χ1) is 11.6. The van der Waals surface area contributed by atoms with Gasteiger partial charge in [-0.1, -0.05) is 41.9 Å². The molecule has 1 N–H and O–H groups in total. The van der Waals surface area contributed by atoms with Crippen LogP contribution in [0.4, 0.5) is 0 Å². The largest absolute Gasteiger partial charge is 0.489 e. The van der Waals surface area contributed by atoms with E-state index in [4.69, 9.17) is 16.3 Å². The van der Waals surface area contributed by atoms with Gasteiger partial charge in [-0.05, 0) is 30.8 Å². The van der Waals surface area contributed by atoms with Crippen LogP contribution in [0.1, 0.15) is 11.1 Å². The lowest BCUT2D eigenvalue weighted by Crippen LogP contribution is -2.33. The van der Waals surface area contributed by atoms with Gasteiger partial charge in [0.2, 0.25) is 5.91 Å². The van der Waals surface area contributed by atoms with E-state index in [9.17, 15) is 4.79 Å². The summed E-state index contributed by atoms with van der Waals surface area (Å²) in [5.41, 5.74) is 1.88. The Hall–Kier alpha value is -1.75. The van der Waals surface area contributed by atoms with Crippen molar-refractivity contribution in [1.82, 2.24) is 10.2 Å². The topological polar surface area (TPSA) is 41.6 Å². The summed E-state index contributed by atoms with van der Waals surface area (Å²) >= 11 is 6.13. The number of hydrogen-bond acceptors (Lipinski definition) is 3. The van der Waals surface area contributed by atoms with Crippen molar-refractivity contribution in [1.29, 1.82) is 0 Å². The number of likely N-dealkylation sites (N-methyl/N-ethyl adjacent to an activating group) is 2. The van der Waals surface area contributed by atoms with Crippen LogP contribution >= 0.6 is 24.0 Å². The summed E-state index contributed by atoms with van der Waals surface area (Å²) < 4.78 is 5.80. The van der Waals surface area contributed by atoms with E-state index < -0.39 is 0 Å². The Bertz CT molecular complexity index is 680. The van der Waals surface area contributed by atoms with E-state index in [1.807, 2.05) is 62.6 Å². The fraction of sp³-hybridized carbons (Fsp3) is 0.316. The van der Waals surface area contributed by atoms with Crippen molar-refractivity contribution in [3.63, 3.8) is 0 Å². The molecule has 0 heterocycles. The van der Waals surface area contributed by atoms with Crippen LogP contribution in [0, 0.1) is 0 Å². The quantitative estimate of drug-likeness (QED) is 0.758. The molecule has 0 spiro atoms. The highest BCUT2D eigenvalue weighted by Gasteiger charge is 2.10. The van der Waals surface area contributed by atoms with Gasteiger partial charge < -0.3 is 15.0 Å². The van der Waals surface area contributed by atoms with Gasteiger partial charge in [-0.15, -0.1) is 12.4 Å². The van der Waals surface area contributed by atoms with Gasteiger partial charge in [0.05, 0.1) is 6.42 Å².